The van der Waals surface area contributed by atoms with Gasteiger partial charge >= 0.3 is 18.8 Å². The molecule has 2 N–H and O–H groups in total. The molecule has 2 aromatic rings. The van der Waals surface area contributed by atoms with E-state index in [1.165, 1.54) is 32.9 Å². The lowest BCUT2D eigenvalue weighted by Crippen LogP contribution is -2.54. The summed E-state index contributed by atoms with van der Waals surface area (Å²) in [5.74, 6) is -0.444. The molecular weight excluding hydrogens is 557 g/mol. The monoisotopic (exact) mass is 583 g/mol. The molecule has 0 bridgehead atoms. The van der Waals surface area contributed by atoms with Crippen molar-refractivity contribution in [1.29, 1.82) is 0 Å². The zero-order chi connectivity index (χ0) is 29.5. The Bertz CT molecular complexity index is 1360. The topological polar surface area (TPSA) is 132 Å². The summed E-state index contributed by atoms with van der Waals surface area (Å²) in [5, 5.41) is 8.19. The first-order valence-corrected chi connectivity index (χ1v) is 12.8. The fourth-order valence-electron chi connectivity index (χ4n) is 3.66. The smallest absolute Gasteiger partial charge is 0.427 e. The van der Waals surface area contributed by atoms with Crippen molar-refractivity contribution < 1.29 is 49.4 Å². The Kier molecular flexibility index (Phi) is 8.06. The quantitative estimate of drug-likeness (QED) is 0.472. The SMILES string of the molecule is CC(=O)NC[C@H]1Oc2ccc(NC(=O)OC(C)(C)C(F)(F)F)cc2N(S(=O)(=O)c2cn(C(F)F)nc2C)[C@H]1C. The maximum Gasteiger partial charge on any atom is 0.427 e. The number of carbonyl (C=O) groups excluding carboxylic acids is 2. The van der Waals surface area contributed by atoms with Crippen LogP contribution >= 0.6 is 0 Å². The van der Waals surface area contributed by atoms with E-state index in [0.717, 1.165) is 10.4 Å². The van der Waals surface area contributed by atoms with E-state index in [4.69, 9.17) is 4.74 Å². The summed E-state index contributed by atoms with van der Waals surface area (Å²) < 4.78 is 105. The summed E-state index contributed by atoms with van der Waals surface area (Å²) in [4.78, 5) is 23.1. The van der Waals surface area contributed by atoms with Crippen LogP contribution in [0.5, 0.6) is 5.75 Å². The number of benzene rings is 1. The number of alkyl halides is 5. The van der Waals surface area contributed by atoms with Gasteiger partial charge in [0.2, 0.25) is 11.5 Å². The third-order valence-corrected chi connectivity index (χ3v) is 7.82. The molecule has 0 saturated carbocycles. The van der Waals surface area contributed by atoms with Crippen molar-refractivity contribution in [2.24, 2.45) is 0 Å². The molecule has 0 spiro atoms. The van der Waals surface area contributed by atoms with E-state index >= 15 is 0 Å². The number of amides is 2. The Morgan fingerprint density at radius 2 is 1.87 bits per heavy atom. The number of aromatic nitrogens is 2. The number of hydrogen-bond acceptors (Lipinski definition) is 7. The molecule has 2 amide bonds. The van der Waals surface area contributed by atoms with E-state index in [1.54, 1.807) is 0 Å². The maximum absolute atomic E-state index is 13.8. The minimum absolute atomic E-state index is 0.0273. The minimum Gasteiger partial charge on any atom is -0.484 e. The summed E-state index contributed by atoms with van der Waals surface area (Å²) >= 11 is 0. The molecule has 11 nitrogen and oxygen atoms in total. The molecule has 2 heterocycles. The first-order chi connectivity index (χ1) is 17.8. The second-order valence-corrected chi connectivity index (χ2v) is 11.0. The number of aryl methyl sites for hydroxylation is 1. The summed E-state index contributed by atoms with van der Waals surface area (Å²) in [6.45, 7) is 1.99. The fourth-order valence-corrected chi connectivity index (χ4v) is 5.50. The molecule has 17 heteroatoms. The van der Waals surface area contributed by atoms with Crippen molar-refractivity contribution in [2.75, 3.05) is 16.2 Å². The number of halogens is 5. The molecule has 1 aliphatic heterocycles. The molecular formula is C22H26F5N5O6S. The molecule has 1 aromatic heterocycles. The number of anilines is 2. The normalized spacial score (nSPS) is 17.9. The zero-order valence-corrected chi connectivity index (χ0v) is 22.2. The van der Waals surface area contributed by atoms with E-state index in [0.29, 0.717) is 20.0 Å². The van der Waals surface area contributed by atoms with Gasteiger partial charge in [0.15, 0.2) is 0 Å². The van der Waals surface area contributed by atoms with Crippen molar-refractivity contribution in [3.8, 4) is 5.75 Å². The van der Waals surface area contributed by atoms with E-state index in [9.17, 15) is 40.0 Å². The van der Waals surface area contributed by atoms with Crippen molar-refractivity contribution >= 4 is 33.4 Å². The van der Waals surface area contributed by atoms with Gasteiger partial charge < -0.3 is 14.8 Å². The van der Waals surface area contributed by atoms with Gasteiger partial charge in [0.05, 0.1) is 30.2 Å². The molecule has 0 aliphatic carbocycles. The highest BCUT2D eigenvalue weighted by Crippen LogP contribution is 2.42. The Morgan fingerprint density at radius 3 is 2.41 bits per heavy atom. The lowest BCUT2D eigenvalue weighted by molar-refractivity contribution is -0.242. The van der Waals surface area contributed by atoms with E-state index in [2.05, 4.69) is 20.5 Å². The highest BCUT2D eigenvalue weighted by atomic mass is 32.2. The predicted octanol–water partition coefficient (Wildman–Crippen LogP) is 3.96. The number of fused-ring (bicyclic) bond motifs is 1. The van der Waals surface area contributed by atoms with E-state index in [1.807, 2.05) is 0 Å². The number of rotatable bonds is 7. The molecule has 0 saturated heterocycles. The maximum atomic E-state index is 13.8. The summed E-state index contributed by atoms with van der Waals surface area (Å²) in [6, 6.07) is 2.57. The number of nitrogens with zero attached hydrogens (tertiary/aromatic N) is 3. The number of ether oxygens (including phenoxy) is 2. The summed E-state index contributed by atoms with van der Waals surface area (Å²) in [6.07, 6.45) is -6.59. The second-order valence-electron chi connectivity index (χ2n) is 9.18. The Labute approximate surface area is 220 Å². The lowest BCUT2D eigenvalue weighted by Gasteiger charge is -2.41. The van der Waals surface area contributed by atoms with Crippen LogP contribution in [0.4, 0.5) is 38.1 Å². The van der Waals surface area contributed by atoms with Crippen LogP contribution in [0.1, 0.15) is 39.9 Å². The van der Waals surface area contributed by atoms with Gasteiger partial charge in [-0.3, -0.25) is 14.4 Å². The van der Waals surface area contributed by atoms with Crippen LogP contribution in [-0.4, -0.2) is 60.7 Å². The Balaban J connectivity index is 2.05. The van der Waals surface area contributed by atoms with E-state index in [-0.39, 0.29) is 34.0 Å². The lowest BCUT2D eigenvalue weighted by atomic mass is 10.1. The fraction of sp³-hybridized carbons (Fsp3) is 0.500. The van der Waals surface area contributed by atoms with Gasteiger partial charge in [0, 0.05) is 12.6 Å². The van der Waals surface area contributed by atoms with Crippen LogP contribution in [0.15, 0.2) is 29.3 Å². The Hall–Kier alpha value is -3.63. The van der Waals surface area contributed by atoms with Crippen LogP contribution in [0.2, 0.25) is 0 Å². The first kappa shape index (κ1) is 29.9. The highest BCUT2D eigenvalue weighted by Gasteiger charge is 2.51. The summed E-state index contributed by atoms with van der Waals surface area (Å²) in [5.41, 5.74) is -3.34. The number of hydrogen-bond donors (Lipinski definition) is 2. The van der Waals surface area contributed by atoms with Gasteiger partial charge in [-0.25, -0.2) is 17.9 Å². The van der Waals surface area contributed by atoms with Crippen LogP contribution in [0.3, 0.4) is 0 Å². The average molecular weight is 584 g/mol. The summed E-state index contributed by atoms with van der Waals surface area (Å²) in [7, 11) is -4.60. The number of sulfonamides is 1. The minimum atomic E-state index is -4.86. The van der Waals surface area contributed by atoms with Gasteiger partial charge in [-0.05, 0) is 45.9 Å². The second kappa shape index (κ2) is 10.5. The van der Waals surface area contributed by atoms with Gasteiger partial charge in [-0.1, -0.05) is 0 Å². The van der Waals surface area contributed by atoms with Crippen LogP contribution in [-0.2, 0) is 19.6 Å². The van der Waals surface area contributed by atoms with Crippen LogP contribution in [0.25, 0.3) is 0 Å². The Morgan fingerprint density at radius 1 is 1.23 bits per heavy atom. The van der Waals surface area contributed by atoms with Crippen molar-refractivity contribution in [3.05, 3.63) is 30.1 Å². The van der Waals surface area contributed by atoms with Gasteiger partial charge in [-0.2, -0.15) is 27.1 Å². The average Bonchev–Trinajstić information content (AvgIpc) is 3.19. The van der Waals surface area contributed by atoms with Gasteiger partial charge in [-0.15, -0.1) is 0 Å². The molecule has 1 aromatic carbocycles. The third kappa shape index (κ3) is 6.17. The largest absolute Gasteiger partial charge is 0.484 e. The van der Waals surface area contributed by atoms with Crippen molar-refractivity contribution in [3.63, 3.8) is 0 Å². The molecule has 216 valence electrons. The van der Waals surface area contributed by atoms with Crippen molar-refractivity contribution in [2.45, 2.75) is 70.0 Å². The molecule has 1 aliphatic rings. The number of nitrogens with one attached hydrogen (secondary N) is 2. The van der Waals surface area contributed by atoms with Crippen LogP contribution < -0.4 is 19.7 Å². The first-order valence-electron chi connectivity index (χ1n) is 11.4. The molecule has 39 heavy (non-hydrogen) atoms. The molecule has 0 fully saturated rings. The highest BCUT2D eigenvalue weighted by molar-refractivity contribution is 7.93. The van der Waals surface area contributed by atoms with Crippen molar-refractivity contribution in [1.82, 2.24) is 15.1 Å². The molecule has 2 atom stereocenters. The van der Waals surface area contributed by atoms with Crippen LogP contribution in [0, 0.1) is 6.92 Å². The van der Waals surface area contributed by atoms with E-state index < -0.39 is 57.4 Å². The zero-order valence-electron chi connectivity index (χ0n) is 21.3. The molecule has 3 rings (SSSR count). The molecule has 0 radical (unpaired) electrons. The standard InChI is InChI=1S/C22H26F5N5O6S/c1-11-18(10-31(30-11)19(23)24)39(35,36)32-12(2)17(9-28-13(3)33)37-16-7-6-14(8-15(16)32)29-20(34)38-21(4,5)22(25,26)27/h6-8,10,12,17,19H,9H2,1-5H3,(H,28,33)(H,29,34)/t12-,17+/m0/s1. The van der Waals surface area contributed by atoms with Gasteiger partial charge in [0.1, 0.15) is 16.7 Å². The number of carbonyl (C=O) groups is 2. The third-order valence-electron chi connectivity index (χ3n) is 5.82. The molecule has 0 unspecified atom stereocenters. The van der Waals surface area contributed by atoms with Gasteiger partial charge in [0.25, 0.3) is 10.0 Å². The predicted molar refractivity (Wildman–Crippen MR) is 127 cm³/mol.